The molecule has 0 amide bonds. The number of aromatic nitrogens is 2. The van der Waals surface area contributed by atoms with Gasteiger partial charge in [0.15, 0.2) is 5.66 Å². The molecule has 0 N–H and O–H groups in total. The Morgan fingerprint density at radius 3 is 2.27 bits per heavy atom. The van der Waals surface area contributed by atoms with Gasteiger partial charge >= 0.3 is 13.6 Å². The number of hydrogen-bond acceptors (Lipinski definition) is 9. The first-order chi connectivity index (χ1) is 15.6. The Bertz CT molecular complexity index is 912. The van der Waals surface area contributed by atoms with Crippen LogP contribution in [0.4, 0.5) is 0 Å². The summed E-state index contributed by atoms with van der Waals surface area (Å²) in [7, 11) is -3.84. The largest absolute Gasteiger partial charge is 0.494 e. The van der Waals surface area contributed by atoms with Crippen molar-refractivity contribution in [1.82, 2.24) is 10.1 Å². The van der Waals surface area contributed by atoms with Crippen LogP contribution in [0.2, 0.25) is 0 Å². The molecule has 0 saturated heterocycles. The lowest BCUT2D eigenvalue weighted by Crippen LogP contribution is -2.34. The van der Waals surface area contributed by atoms with Crippen molar-refractivity contribution >= 4 is 13.6 Å². The van der Waals surface area contributed by atoms with Gasteiger partial charge in [-0.2, -0.15) is 4.98 Å². The third kappa shape index (κ3) is 8.25. The zero-order valence-corrected chi connectivity index (χ0v) is 21.2. The number of benzene rings is 1. The van der Waals surface area contributed by atoms with Crippen molar-refractivity contribution in [2.24, 2.45) is 0 Å². The normalized spacial score (nSPS) is 13.0. The molecular weight excluding hydrogens is 447 g/mol. The van der Waals surface area contributed by atoms with Crippen molar-refractivity contribution in [3.63, 3.8) is 0 Å². The lowest BCUT2D eigenvalue weighted by Gasteiger charge is -2.27. The number of carbonyl (C=O) groups excluding carboxylic acids is 1. The molecule has 0 radical (unpaired) electrons. The van der Waals surface area contributed by atoms with E-state index in [1.54, 1.807) is 34.6 Å². The summed E-state index contributed by atoms with van der Waals surface area (Å²) in [6, 6.07) is 7.32. The standard InChI is InChI=1S/C23H35N2O7P/c1-7-10-15-28-18-13-11-17(12-14-18)21-24-20(32-25-21)16-19(22(26)31-23(4,5)6)33(27,29-8-2)30-9-3/h11-14,19H,7-10,15-16H2,1-6H3. The number of esters is 1. The summed E-state index contributed by atoms with van der Waals surface area (Å²) in [5, 5.41) is 4.00. The fraction of sp³-hybridized carbons (Fsp3) is 0.609. The van der Waals surface area contributed by atoms with E-state index in [-0.39, 0.29) is 25.5 Å². The summed E-state index contributed by atoms with van der Waals surface area (Å²) >= 11 is 0. The first-order valence-corrected chi connectivity index (χ1v) is 12.9. The summed E-state index contributed by atoms with van der Waals surface area (Å²) in [5.41, 5.74) is -1.29. The molecule has 0 aliphatic carbocycles. The van der Waals surface area contributed by atoms with Gasteiger partial charge in [-0.15, -0.1) is 0 Å². The van der Waals surface area contributed by atoms with Crippen molar-refractivity contribution in [1.29, 1.82) is 0 Å². The summed E-state index contributed by atoms with van der Waals surface area (Å²) in [6.45, 7) is 11.5. The fourth-order valence-electron chi connectivity index (χ4n) is 2.93. The van der Waals surface area contributed by atoms with Crippen LogP contribution in [0, 0.1) is 0 Å². The predicted octanol–water partition coefficient (Wildman–Crippen LogP) is 5.43. The number of ether oxygens (including phenoxy) is 2. The molecule has 10 heteroatoms. The minimum absolute atomic E-state index is 0.109. The maximum atomic E-state index is 13.4. The van der Waals surface area contributed by atoms with Crippen molar-refractivity contribution in [2.45, 2.75) is 72.1 Å². The highest BCUT2D eigenvalue weighted by molar-refractivity contribution is 7.55. The molecule has 1 unspecified atom stereocenters. The van der Waals surface area contributed by atoms with Crippen LogP contribution >= 0.6 is 7.60 Å². The van der Waals surface area contributed by atoms with Crippen LogP contribution in [0.15, 0.2) is 28.8 Å². The highest BCUT2D eigenvalue weighted by atomic mass is 31.2. The zero-order valence-electron chi connectivity index (χ0n) is 20.3. The van der Waals surface area contributed by atoms with Crippen LogP contribution < -0.4 is 4.74 Å². The Morgan fingerprint density at radius 2 is 1.73 bits per heavy atom. The van der Waals surface area contributed by atoms with Gasteiger partial charge in [0, 0.05) is 5.56 Å². The Labute approximate surface area is 195 Å². The topological polar surface area (TPSA) is 110 Å². The maximum Gasteiger partial charge on any atom is 0.345 e. The first kappa shape index (κ1) is 27.0. The molecular formula is C23H35N2O7P. The summed E-state index contributed by atoms with van der Waals surface area (Å²) in [4.78, 5) is 17.3. The van der Waals surface area contributed by atoms with Crippen molar-refractivity contribution in [3.8, 4) is 17.1 Å². The molecule has 0 aliphatic heterocycles. The van der Waals surface area contributed by atoms with Crippen LogP contribution in [-0.4, -0.2) is 47.2 Å². The molecule has 33 heavy (non-hydrogen) atoms. The minimum atomic E-state index is -3.84. The van der Waals surface area contributed by atoms with E-state index in [0.29, 0.717) is 12.4 Å². The van der Waals surface area contributed by atoms with E-state index in [1.165, 1.54) is 0 Å². The van der Waals surface area contributed by atoms with E-state index >= 15 is 0 Å². The third-order valence-electron chi connectivity index (χ3n) is 4.39. The molecule has 0 bridgehead atoms. The van der Waals surface area contributed by atoms with Crippen molar-refractivity contribution in [3.05, 3.63) is 30.2 Å². The monoisotopic (exact) mass is 482 g/mol. The average molecular weight is 483 g/mol. The number of unbranched alkanes of at least 4 members (excludes halogenated alkanes) is 1. The molecule has 0 saturated carbocycles. The number of nitrogens with zero attached hydrogens (tertiary/aromatic N) is 2. The van der Waals surface area contributed by atoms with Gasteiger partial charge in [0.1, 0.15) is 11.4 Å². The molecule has 9 nitrogen and oxygen atoms in total. The fourth-order valence-corrected chi connectivity index (χ4v) is 4.77. The third-order valence-corrected chi connectivity index (χ3v) is 6.79. The molecule has 1 heterocycles. The second-order valence-electron chi connectivity index (χ2n) is 8.37. The van der Waals surface area contributed by atoms with Crippen LogP contribution in [0.1, 0.15) is 60.3 Å². The lowest BCUT2D eigenvalue weighted by atomic mass is 10.2. The maximum absolute atomic E-state index is 13.4. The minimum Gasteiger partial charge on any atom is -0.494 e. The van der Waals surface area contributed by atoms with E-state index in [1.807, 2.05) is 24.3 Å². The molecule has 1 aromatic carbocycles. The quantitative estimate of drug-likeness (QED) is 0.209. The molecule has 1 aromatic heterocycles. The molecule has 1 atom stereocenters. The second kappa shape index (κ2) is 12.3. The molecule has 184 valence electrons. The zero-order chi connectivity index (χ0) is 24.5. The van der Waals surface area contributed by atoms with E-state index in [2.05, 4.69) is 17.1 Å². The van der Waals surface area contributed by atoms with Gasteiger partial charge in [-0.3, -0.25) is 9.36 Å². The Morgan fingerprint density at radius 1 is 1.09 bits per heavy atom. The van der Waals surface area contributed by atoms with Crippen molar-refractivity contribution < 1.29 is 32.4 Å². The van der Waals surface area contributed by atoms with Gasteiger partial charge in [0.2, 0.25) is 11.7 Å². The van der Waals surface area contributed by atoms with Crippen molar-refractivity contribution in [2.75, 3.05) is 19.8 Å². The van der Waals surface area contributed by atoms with E-state index in [9.17, 15) is 9.36 Å². The Hall–Kier alpha value is -2.22. The molecule has 2 rings (SSSR count). The SMILES string of the molecule is CCCCOc1ccc(-c2noc(CC(C(=O)OC(C)(C)C)P(=O)(OCC)OCC)n2)cc1. The highest BCUT2D eigenvalue weighted by Gasteiger charge is 2.44. The smallest absolute Gasteiger partial charge is 0.345 e. The summed E-state index contributed by atoms with van der Waals surface area (Å²) in [5.74, 6) is 0.524. The van der Waals surface area contributed by atoms with Gasteiger partial charge in [0.25, 0.3) is 0 Å². The first-order valence-electron chi connectivity index (χ1n) is 11.3. The molecule has 0 fully saturated rings. The Kier molecular flexibility index (Phi) is 10.1. The van der Waals surface area contributed by atoms with Gasteiger partial charge in [-0.1, -0.05) is 18.5 Å². The van der Waals surface area contributed by atoms with Crippen LogP contribution in [0.3, 0.4) is 0 Å². The molecule has 0 aliphatic rings. The lowest BCUT2D eigenvalue weighted by molar-refractivity contribution is -0.154. The van der Waals surface area contributed by atoms with Gasteiger partial charge in [0.05, 0.1) is 26.2 Å². The Balaban J connectivity index is 2.23. The van der Waals surface area contributed by atoms with Crippen LogP contribution in [0.25, 0.3) is 11.4 Å². The highest BCUT2D eigenvalue weighted by Crippen LogP contribution is 2.54. The van der Waals surface area contributed by atoms with Crippen LogP contribution in [-0.2, 0) is 29.6 Å². The van der Waals surface area contributed by atoms with E-state index < -0.39 is 24.8 Å². The van der Waals surface area contributed by atoms with Crippen LogP contribution in [0.5, 0.6) is 5.75 Å². The van der Waals surface area contributed by atoms with E-state index in [0.717, 1.165) is 24.2 Å². The second-order valence-corrected chi connectivity index (χ2v) is 10.6. The van der Waals surface area contributed by atoms with Gasteiger partial charge in [-0.05, 0) is 65.3 Å². The van der Waals surface area contributed by atoms with E-state index in [4.69, 9.17) is 23.0 Å². The van der Waals surface area contributed by atoms with Gasteiger partial charge in [-0.25, -0.2) is 0 Å². The molecule has 2 aromatic rings. The predicted molar refractivity (Wildman–Crippen MR) is 124 cm³/mol. The average Bonchev–Trinajstić information content (AvgIpc) is 3.20. The molecule has 0 spiro atoms. The van der Waals surface area contributed by atoms with Gasteiger partial charge < -0.3 is 23.0 Å². The summed E-state index contributed by atoms with van der Waals surface area (Å²) < 4.78 is 40.8. The number of carbonyl (C=O) groups is 1. The number of hydrogen-bond donors (Lipinski definition) is 0. The summed E-state index contributed by atoms with van der Waals surface area (Å²) in [6.07, 6.45) is 1.91. The number of rotatable bonds is 13.